The molecule has 0 aliphatic rings. The van der Waals surface area contributed by atoms with E-state index in [0.717, 1.165) is 12.1 Å². The van der Waals surface area contributed by atoms with E-state index >= 15 is 0 Å². The molecule has 3 nitrogen and oxygen atoms in total. The summed E-state index contributed by atoms with van der Waals surface area (Å²) in [5.74, 6) is -0.486. The van der Waals surface area contributed by atoms with Crippen LogP contribution in [0.4, 0.5) is 18.9 Å². The number of carbonyl (C=O) groups is 1. The molecule has 0 spiro atoms. The van der Waals surface area contributed by atoms with Crippen molar-refractivity contribution in [2.75, 3.05) is 5.32 Å². The number of hydrogen-bond donors (Lipinski definition) is 2. The molecule has 0 aliphatic carbocycles. The number of carbonyl (C=O) groups excluding carboxylic acids is 1. The van der Waals surface area contributed by atoms with Gasteiger partial charge in [0.2, 0.25) is 5.91 Å². The SMILES string of the molecule is CCC(N)C(=O)Nc1cc(C(F)(F)F)ccc1C. The van der Waals surface area contributed by atoms with Gasteiger partial charge in [0.05, 0.1) is 11.6 Å². The van der Waals surface area contributed by atoms with E-state index < -0.39 is 23.7 Å². The fourth-order valence-electron chi connectivity index (χ4n) is 1.34. The molecule has 0 aliphatic heterocycles. The lowest BCUT2D eigenvalue weighted by Gasteiger charge is -2.14. The fraction of sp³-hybridized carbons (Fsp3) is 0.417. The van der Waals surface area contributed by atoms with Gasteiger partial charge in [0.15, 0.2) is 0 Å². The zero-order valence-electron chi connectivity index (χ0n) is 10.1. The molecule has 0 heterocycles. The molecule has 1 aromatic carbocycles. The van der Waals surface area contributed by atoms with Crippen LogP contribution in [0.5, 0.6) is 0 Å². The lowest BCUT2D eigenvalue weighted by molar-refractivity contribution is -0.137. The summed E-state index contributed by atoms with van der Waals surface area (Å²) in [6.45, 7) is 3.34. The van der Waals surface area contributed by atoms with Crippen LogP contribution in [-0.4, -0.2) is 11.9 Å². The maximum Gasteiger partial charge on any atom is 0.416 e. The molecule has 3 N–H and O–H groups in total. The van der Waals surface area contributed by atoms with E-state index in [2.05, 4.69) is 5.32 Å². The minimum Gasteiger partial charge on any atom is -0.324 e. The van der Waals surface area contributed by atoms with E-state index in [-0.39, 0.29) is 5.69 Å². The smallest absolute Gasteiger partial charge is 0.324 e. The Morgan fingerprint density at radius 2 is 2.06 bits per heavy atom. The summed E-state index contributed by atoms with van der Waals surface area (Å²) >= 11 is 0. The molecule has 1 amide bonds. The van der Waals surface area contributed by atoms with Crippen LogP contribution in [0.2, 0.25) is 0 Å². The first-order valence-corrected chi connectivity index (χ1v) is 5.50. The zero-order chi connectivity index (χ0) is 13.9. The Hall–Kier alpha value is -1.56. The Morgan fingerprint density at radius 1 is 1.44 bits per heavy atom. The first kappa shape index (κ1) is 14.5. The maximum absolute atomic E-state index is 12.5. The average Bonchev–Trinajstić information content (AvgIpc) is 2.29. The monoisotopic (exact) mass is 260 g/mol. The van der Waals surface area contributed by atoms with Crippen LogP contribution >= 0.6 is 0 Å². The second-order valence-electron chi connectivity index (χ2n) is 4.03. The number of halogens is 3. The van der Waals surface area contributed by atoms with E-state index in [1.807, 2.05) is 0 Å². The highest BCUT2D eigenvalue weighted by Gasteiger charge is 2.31. The van der Waals surface area contributed by atoms with E-state index in [4.69, 9.17) is 5.73 Å². The Labute approximate surface area is 103 Å². The zero-order valence-corrected chi connectivity index (χ0v) is 10.1. The molecule has 1 aromatic rings. The van der Waals surface area contributed by atoms with Crippen LogP contribution in [0.15, 0.2) is 18.2 Å². The molecule has 1 rings (SSSR count). The van der Waals surface area contributed by atoms with Crippen LogP contribution in [-0.2, 0) is 11.0 Å². The highest BCUT2D eigenvalue weighted by Crippen LogP contribution is 2.32. The van der Waals surface area contributed by atoms with Crippen molar-refractivity contribution in [1.29, 1.82) is 0 Å². The van der Waals surface area contributed by atoms with Gasteiger partial charge in [-0.2, -0.15) is 13.2 Å². The molecule has 0 radical (unpaired) electrons. The second-order valence-corrected chi connectivity index (χ2v) is 4.03. The number of anilines is 1. The molecule has 0 aromatic heterocycles. The molecule has 0 bridgehead atoms. The third kappa shape index (κ3) is 3.46. The number of aryl methyl sites for hydroxylation is 1. The molecule has 6 heteroatoms. The third-order valence-electron chi connectivity index (χ3n) is 2.60. The van der Waals surface area contributed by atoms with Gasteiger partial charge in [0.25, 0.3) is 0 Å². The molecule has 0 saturated carbocycles. The summed E-state index contributed by atoms with van der Waals surface area (Å²) in [7, 11) is 0. The van der Waals surface area contributed by atoms with Gasteiger partial charge < -0.3 is 11.1 Å². The van der Waals surface area contributed by atoms with Crippen molar-refractivity contribution in [3.8, 4) is 0 Å². The van der Waals surface area contributed by atoms with Gasteiger partial charge in [0, 0.05) is 5.69 Å². The second kappa shape index (κ2) is 5.39. The van der Waals surface area contributed by atoms with Crippen LogP contribution in [0.1, 0.15) is 24.5 Å². The van der Waals surface area contributed by atoms with Gasteiger partial charge in [-0.15, -0.1) is 0 Å². The van der Waals surface area contributed by atoms with Gasteiger partial charge in [-0.1, -0.05) is 13.0 Å². The summed E-state index contributed by atoms with van der Waals surface area (Å²) in [5.41, 5.74) is 5.40. The quantitative estimate of drug-likeness (QED) is 0.877. The van der Waals surface area contributed by atoms with E-state index in [1.165, 1.54) is 6.07 Å². The fourth-order valence-corrected chi connectivity index (χ4v) is 1.34. The first-order chi connectivity index (χ1) is 8.25. The summed E-state index contributed by atoms with van der Waals surface area (Å²) in [5, 5.41) is 2.41. The Kier molecular flexibility index (Phi) is 4.34. The van der Waals surface area contributed by atoms with Crippen molar-refractivity contribution in [2.24, 2.45) is 5.73 Å². The number of nitrogens with two attached hydrogens (primary N) is 1. The minimum atomic E-state index is -4.43. The molecule has 1 unspecified atom stereocenters. The number of hydrogen-bond acceptors (Lipinski definition) is 2. The number of nitrogens with one attached hydrogen (secondary N) is 1. The van der Waals surface area contributed by atoms with Gasteiger partial charge in [0.1, 0.15) is 0 Å². The summed E-state index contributed by atoms with van der Waals surface area (Å²) < 4.78 is 37.6. The summed E-state index contributed by atoms with van der Waals surface area (Å²) in [6.07, 6.45) is -4.01. The van der Waals surface area contributed by atoms with Crippen LogP contribution < -0.4 is 11.1 Å². The van der Waals surface area contributed by atoms with E-state index in [9.17, 15) is 18.0 Å². The molecular weight excluding hydrogens is 245 g/mol. The average molecular weight is 260 g/mol. The molecule has 100 valence electrons. The van der Waals surface area contributed by atoms with Crippen molar-refractivity contribution < 1.29 is 18.0 Å². The maximum atomic E-state index is 12.5. The largest absolute Gasteiger partial charge is 0.416 e. The molecule has 0 saturated heterocycles. The normalized spacial score (nSPS) is 13.2. The van der Waals surface area contributed by atoms with Crippen LogP contribution in [0, 0.1) is 6.92 Å². The van der Waals surface area contributed by atoms with Crippen molar-refractivity contribution in [1.82, 2.24) is 0 Å². The van der Waals surface area contributed by atoms with Crippen molar-refractivity contribution in [3.05, 3.63) is 29.3 Å². The predicted octanol–water partition coefficient (Wildman–Crippen LogP) is 2.69. The third-order valence-corrected chi connectivity index (χ3v) is 2.60. The predicted molar refractivity (Wildman–Crippen MR) is 63.1 cm³/mol. The van der Waals surface area contributed by atoms with Crippen LogP contribution in [0.25, 0.3) is 0 Å². The molecule has 0 fully saturated rings. The number of benzene rings is 1. The molecule has 1 atom stereocenters. The van der Waals surface area contributed by atoms with Gasteiger partial charge in [-0.05, 0) is 31.0 Å². The van der Waals surface area contributed by atoms with E-state index in [1.54, 1.807) is 13.8 Å². The standard InChI is InChI=1S/C12H15F3N2O/c1-3-9(16)11(18)17-10-6-8(12(13,14)15)5-4-7(10)2/h4-6,9H,3,16H2,1-2H3,(H,17,18). The number of amides is 1. The number of rotatable bonds is 3. The van der Waals surface area contributed by atoms with Gasteiger partial charge >= 0.3 is 6.18 Å². The topological polar surface area (TPSA) is 55.1 Å². The van der Waals surface area contributed by atoms with Gasteiger partial charge in [-0.25, -0.2) is 0 Å². The molecular formula is C12H15F3N2O. The van der Waals surface area contributed by atoms with Crippen molar-refractivity contribution in [3.63, 3.8) is 0 Å². The van der Waals surface area contributed by atoms with Gasteiger partial charge in [-0.3, -0.25) is 4.79 Å². The summed E-state index contributed by atoms with van der Waals surface area (Å²) in [6, 6.07) is 2.48. The highest BCUT2D eigenvalue weighted by molar-refractivity contribution is 5.95. The van der Waals surface area contributed by atoms with Crippen molar-refractivity contribution >= 4 is 11.6 Å². The Morgan fingerprint density at radius 3 is 2.56 bits per heavy atom. The molecule has 18 heavy (non-hydrogen) atoms. The Bertz CT molecular complexity index is 443. The lowest BCUT2D eigenvalue weighted by Crippen LogP contribution is -2.35. The lowest BCUT2D eigenvalue weighted by atomic mass is 10.1. The number of alkyl halides is 3. The highest BCUT2D eigenvalue weighted by atomic mass is 19.4. The van der Waals surface area contributed by atoms with E-state index in [0.29, 0.717) is 12.0 Å². The minimum absolute atomic E-state index is 0.138. The Balaban J connectivity index is 2.99. The summed E-state index contributed by atoms with van der Waals surface area (Å²) in [4.78, 5) is 11.5. The van der Waals surface area contributed by atoms with Crippen molar-refractivity contribution in [2.45, 2.75) is 32.5 Å². The first-order valence-electron chi connectivity index (χ1n) is 5.50. The van der Waals surface area contributed by atoms with Crippen LogP contribution in [0.3, 0.4) is 0 Å².